The van der Waals surface area contributed by atoms with E-state index in [0.29, 0.717) is 16.5 Å². The first-order valence-corrected chi connectivity index (χ1v) is 8.41. The predicted octanol–water partition coefficient (Wildman–Crippen LogP) is 3.62. The zero-order valence-corrected chi connectivity index (χ0v) is 14.5. The summed E-state index contributed by atoms with van der Waals surface area (Å²) in [4.78, 5) is 24.3. The maximum Gasteiger partial charge on any atom is 0.316 e. The molecule has 0 aliphatic carbocycles. The second-order valence-electron chi connectivity index (χ2n) is 4.68. The van der Waals surface area contributed by atoms with Crippen molar-refractivity contribution in [1.82, 2.24) is 0 Å². The number of carbonyl (C=O) groups is 2. The molecule has 0 atom stereocenters. The molecule has 2 aromatic rings. The molecule has 1 amide bonds. The number of hydrogen-bond acceptors (Lipinski definition) is 5. The van der Waals surface area contributed by atoms with E-state index in [9.17, 15) is 9.59 Å². The molecule has 2 rings (SSSR count). The summed E-state index contributed by atoms with van der Waals surface area (Å²) >= 11 is 7.11. The lowest BCUT2D eigenvalue weighted by Crippen LogP contribution is -2.21. The molecule has 0 aromatic heterocycles. The third-order valence-electron chi connectivity index (χ3n) is 2.89. The number of hydrogen-bond donors (Lipinski definition) is 1. The van der Waals surface area contributed by atoms with Crippen LogP contribution in [0.4, 0.5) is 5.69 Å². The second kappa shape index (κ2) is 9.20. The summed E-state index contributed by atoms with van der Waals surface area (Å²) < 4.78 is 10.0. The summed E-state index contributed by atoms with van der Waals surface area (Å²) in [5.74, 6) is -0.123. The van der Waals surface area contributed by atoms with Crippen molar-refractivity contribution in [3.8, 4) is 5.75 Å². The maximum absolute atomic E-state index is 11.8. The molecule has 0 bridgehead atoms. The van der Waals surface area contributed by atoms with Gasteiger partial charge in [-0.05, 0) is 36.4 Å². The Morgan fingerprint density at radius 2 is 1.92 bits per heavy atom. The van der Waals surface area contributed by atoms with Crippen molar-refractivity contribution in [1.29, 1.82) is 0 Å². The van der Waals surface area contributed by atoms with E-state index < -0.39 is 11.9 Å². The average Bonchev–Trinajstić information content (AvgIpc) is 2.59. The lowest BCUT2D eigenvalue weighted by Gasteiger charge is -2.08. The number of nitrogens with one attached hydrogen (secondary N) is 1. The van der Waals surface area contributed by atoms with Crippen LogP contribution in [0.3, 0.4) is 0 Å². The molecule has 7 heteroatoms. The van der Waals surface area contributed by atoms with E-state index in [-0.39, 0.29) is 12.4 Å². The number of anilines is 1. The summed E-state index contributed by atoms with van der Waals surface area (Å²) in [6, 6.07) is 14.0. The highest BCUT2D eigenvalue weighted by molar-refractivity contribution is 8.00. The van der Waals surface area contributed by atoms with Gasteiger partial charge in [-0.1, -0.05) is 17.7 Å². The summed E-state index contributed by atoms with van der Waals surface area (Å²) in [6.45, 7) is -0.336. The Bertz CT molecular complexity index is 706. The van der Waals surface area contributed by atoms with Gasteiger partial charge in [0.2, 0.25) is 0 Å². The van der Waals surface area contributed by atoms with Crippen LogP contribution in [0.1, 0.15) is 0 Å². The molecule has 0 fully saturated rings. The van der Waals surface area contributed by atoms with Crippen molar-refractivity contribution in [2.75, 3.05) is 24.8 Å². The molecular formula is C17H16ClNO4S. The molecule has 0 aliphatic heterocycles. The van der Waals surface area contributed by atoms with Crippen molar-refractivity contribution in [2.24, 2.45) is 0 Å². The zero-order chi connectivity index (χ0) is 17.4. The van der Waals surface area contributed by atoms with Crippen molar-refractivity contribution in [2.45, 2.75) is 4.90 Å². The fraction of sp³-hybridized carbons (Fsp3) is 0.176. The van der Waals surface area contributed by atoms with E-state index >= 15 is 0 Å². The standard InChI is InChI=1S/C17H16ClNO4S/c1-22-14-4-2-3-13(9-14)19-16(20)10-23-17(21)11-24-15-7-5-12(18)6-8-15/h2-9H,10-11H2,1H3,(H,19,20). The van der Waals surface area contributed by atoms with E-state index in [4.69, 9.17) is 21.1 Å². The van der Waals surface area contributed by atoms with Gasteiger partial charge in [-0.15, -0.1) is 11.8 Å². The number of rotatable bonds is 7. The minimum absolute atomic E-state index is 0.119. The summed E-state index contributed by atoms with van der Waals surface area (Å²) in [7, 11) is 1.54. The van der Waals surface area contributed by atoms with Gasteiger partial charge in [0.1, 0.15) is 5.75 Å². The smallest absolute Gasteiger partial charge is 0.316 e. The molecular weight excluding hydrogens is 350 g/mol. The van der Waals surface area contributed by atoms with Crippen LogP contribution >= 0.6 is 23.4 Å². The zero-order valence-electron chi connectivity index (χ0n) is 13.0. The van der Waals surface area contributed by atoms with Gasteiger partial charge in [-0.2, -0.15) is 0 Å². The highest BCUT2D eigenvalue weighted by Gasteiger charge is 2.09. The molecule has 0 spiro atoms. The fourth-order valence-electron chi connectivity index (χ4n) is 1.76. The van der Waals surface area contributed by atoms with Gasteiger partial charge in [-0.25, -0.2) is 0 Å². The maximum atomic E-state index is 11.8. The first kappa shape index (κ1) is 18.2. The van der Waals surface area contributed by atoms with Crippen molar-refractivity contribution in [3.63, 3.8) is 0 Å². The summed E-state index contributed by atoms with van der Waals surface area (Å²) in [5, 5.41) is 3.27. The van der Waals surface area contributed by atoms with Gasteiger partial charge in [0.25, 0.3) is 5.91 Å². The van der Waals surface area contributed by atoms with Crippen LogP contribution < -0.4 is 10.1 Å². The molecule has 126 valence electrons. The van der Waals surface area contributed by atoms with Crippen LogP contribution in [0.15, 0.2) is 53.4 Å². The fourth-order valence-corrected chi connectivity index (χ4v) is 2.58. The number of carbonyl (C=O) groups excluding carboxylic acids is 2. The van der Waals surface area contributed by atoms with E-state index in [1.54, 1.807) is 43.5 Å². The number of halogens is 1. The highest BCUT2D eigenvalue weighted by Crippen LogP contribution is 2.20. The predicted molar refractivity (Wildman–Crippen MR) is 94.8 cm³/mol. The van der Waals surface area contributed by atoms with E-state index in [1.807, 2.05) is 12.1 Å². The van der Waals surface area contributed by atoms with Gasteiger partial charge in [-0.3, -0.25) is 9.59 Å². The van der Waals surface area contributed by atoms with Crippen LogP contribution in [0.25, 0.3) is 0 Å². The topological polar surface area (TPSA) is 64.6 Å². The van der Waals surface area contributed by atoms with Gasteiger partial charge in [0.15, 0.2) is 6.61 Å². The Balaban J connectivity index is 1.72. The Labute approximate surface area is 149 Å². The lowest BCUT2D eigenvalue weighted by molar-refractivity contribution is -0.144. The third-order valence-corrected chi connectivity index (χ3v) is 4.13. The Kier molecular flexibility index (Phi) is 6.96. The molecule has 0 saturated heterocycles. The van der Waals surface area contributed by atoms with Crippen LogP contribution in [0, 0.1) is 0 Å². The Hall–Kier alpha value is -2.18. The third kappa shape index (κ3) is 6.14. The van der Waals surface area contributed by atoms with Crippen LogP contribution in [0.5, 0.6) is 5.75 Å². The highest BCUT2D eigenvalue weighted by atomic mass is 35.5. The Morgan fingerprint density at radius 1 is 1.17 bits per heavy atom. The second-order valence-corrected chi connectivity index (χ2v) is 6.17. The largest absolute Gasteiger partial charge is 0.497 e. The SMILES string of the molecule is COc1cccc(NC(=O)COC(=O)CSc2ccc(Cl)cc2)c1. The molecule has 0 heterocycles. The summed E-state index contributed by atoms with van der Waals surface area (Å²) in [5.41, 5.74) is 0.575. The molecule has 1 N–H and O–H groups in total. The molecule has 5 nitrogen and oxygen atoms in total. The van der Waals surface area contributed by atoms with Crippen molar-refractivity contribution in [3.05, 3.63) is 53.6 Å². The number of thioether (sulfide) groups is 1. The minimum atomic E-state index is -0.462. The number of amides is 1. The lowest BCUT2D eigenvalue weighted by atomic mass is 10.3. The minimum Gasteiger partial charge on any atom is -0.497 e. The van der Waals surface area contributed by atoms with Gasteiger partial charge in [0.05, 0.1) is 12.9 Å². The molecule has 24 heavy (non-hydrogen) atoms. The van der Waals surface area contributed by atoms with Crippen LogP contribution in [0.2, 0.25) is 5.02 Å². The molecule has 0 radical (unpaired) electrons. The first-order valence-electron chi connectivity index (χ1n) is 7.05. The van der Waals surface area contributed by atoms with E-state index in [2.05, 4.69) is 5.32 Å². The summed E-state index contributed by atoms with van der Waals surface area (Å²) in [6.07, 6.45) is 0. The number of methoxy groups -OCH3 is 1. The van der Waals surface area contributed by atoms with Crippen LogP contribution in [-0.2, 0) is 14.3 Å². The molecule has 0 aliphatic rings. The van der Waals surface area contributed by atoms with Gasteiger partial charge < -0.3 is 14.8 Å². The molecule has 0 saturated carbocycles. The van der Waals surface area contributed by atoms with Crippen LogP contribution in [-0.4, -0.2) is 31.3 Å². The van der Waals surface area contributed by atoms with Gasteiger partial charge in [0, 0.05) is 21.7 Å². The Morgan fingerprint density at radius 3 is 2.62 bits per heavy atom. The number of esters is 1. The quantitative estimate of drug-likeness (QED) is 0.599. The first-order chi connectivity index (χ1) is 11.6. The normalized spacial score (nSPS) is 10.1. The van der Waals surface area contributed by atoms with Crippen molar-refractivity contribution >= 4 is 40.9 Å². The monoisotopic (exact) mass is 365 g/mol. The van der Waals surface area contributed by atoms with E-state index in [0.717, 1.165) is 4.90 Å². The molecule has 2 aromatic carbocycles. The average molecular weight is 366 g/mol. The number of ether oxygens (including phenoxy) is 2. The van der Waals surface area contributed by atoms with Crippen molar-refractivity contribution < 1.29 is 19.1 Å². The molecule has 0 unspecified atom stereocenters. The van der Waals surface area contributed by atoms with Gasteiger partial charge >= 0.3 is 5.97 Å². The number of benzene rings is 2. The van der Waals surface area contributed by atoms with E-state index in [1.165, 1.54) is 11.8 Å².